The van der Waals surface area contributed by atoms with Crippen LogP contribution in [0.3, 0.4) is 0 Å². The van der Waals surface area contributed by atoms with Crippen molar-refractivity contribution in [2.75, 3.05) is 0 Å². The number of carbonyl (C=O) groups excluding carboxylic acids is 1. The molecule has 0 bridgehead atoms. The van der Waals surface area contributed by atoms with Crippen LogP contribution in [0.25, 0.3) is 0 Å². The van der Waals surface area contributed by atoms with E-state index in [9.17, 15) is 9.59 Å². The normalized spacial score (nSPS) is 14.8. The number of hydrogen-bond donors (Lipinski definition) is 3. The second-order valence-corrected chi connectivity index (χ2v) is 4.52. The summed E-state index contributed by atoms with van der Waals surface area (Å²) in [5.41, 5.74) is 4.80. The highest BCUT2D eigenvalue weighted by molar-refractivity contribution is 5.90. The quantitative estimate of drug-likeness (QED) is 0.771. The van der Waals surface area contributed by atoms with Crippen molar-refractivity contribution in [3.8, 4) is 5.75 Å². The third-order valence-electron chi connectivity index (χ3n) is 2.97. The number of phenols is 1. The smallest absolute Gasteiger partial charge is 0.404 e. The van der Waals surface area contributed by atoms with Crippen LogP contribution in [0, 0.1) is 0 Å². The summed E-state index contributed by atoms with van der Waals surface area (Å²) in [6.45, 7) is 0. The minimum Gasteiger partial charge on any atom is -0.507 e. The van der Waals surface area contributed by atoms with Gasteiger partial charge in [-0.05, 0) is 37.8 Å². The lowest BCUT2D eigenvalue weighted by Gasteiger charge is -2.20. The zero-order valence-corrected chi connectivity index (χ0v) is 11.1. The minimum absolute atomic E-state index is 0.0671. The molecule has 1 fully saturated rings. The SMILES string of the molecule is NC(=O)OC1CCCCC1.O=C(O)c1ccccc1O. The van der Waals surface area contributed by atoms with E-state index in [4.69, 9.17) is 20.7 Å². The van der Waals surface area contributed by atoms with E-state index in [0.717, 1.165) is 25.7 Å². The number of amides is 1. The number of para-hydroxylation sites is 1. The lowest BCUT2D eigenvalue weighted by atomic mass is 9.98. The lowest BCUT2D eigenvalue weighted by Crippen LogP contribution is -2.24. The highest BCUT2D eigenvalue weighted by Gasteiger charge is 2.15. The van der Waals surface area contributed by atoms with Crippen LogP contribution in [0.5, 0.6) is 5.75 Å². The van der Waals surface area contributed by atoms with Crippen molar-refractivity contribution in [3.05, 3.63) is 29.8 Å². The van der Waals surface area contributed by atoms with Crippen molar-refractivity contribution in [1.29, 1.82) is 0 Å². The summed E-state index contributed by atoms with van der Waals surface area (Å²) in [5.74, 6) is -1.31. The van der Waals surface area contributed by atoms with Gasteiger partial charge in [0.25, 0.3) is 0 Å². The largest absolute Gasteiger partial charge is 0.507 e. The molecule has 0 unspecified atom stereocenters. The number of aromatic carboxylic acids is 1. The molecule has 1 aliphatic carbocycles. The third-order valence-corrected chi connectivity index (χ3v) is 2.97. The summed E-state index contributed by atoms with van der Waals surface area (Å²) in [6.07, 6.45) is 5.04. The van der Waals surface area contributed by atoms with E-state index in [1.165, 1.54) is 18.6 Å². The highest BCUT2D eigenvalue weighted by atomic mass is 16.6. The maximum Gasteiger partial charge on any atom is 0.404 e. The van der Waals surface area contributed by atoms with Gasteiger partial charge in [0.2, 0.25) is 0 Å². The molecule has 6 nitrogen and oxygen atoms in total. The molecule has 2 rings (SSSR count). The molecule has 1 aliphatic rings. The summed E-state index contributed by atoms with van der Waals surface area (Å²) in [5, 5.41) is 17.3. The van der Waals surface area contributed by atoms with Crippen LogP contribution < -0.4 is 5.73 Å². The number of aromatic hydroxyl groups is 1. The number of primary amides is 1. The van der Waals surface area contributed by atoms with E-state index in [-0.39, 0.29) is 17.4 Å². The first-order chi connectivity index (χ1) is 9.50. The van der Waals surface area contributed by atoms with Crippen molar-refractivity contribution in [2.24, 2.45) is 5.73 Å². The number of benzene rings is 1. The summed E-state index contributed by atoms with van der Waals surface area (Å²) < 4.78 is 4.83. The van der Waals surface area contributed by atoms with Gasteiger partial charge in [0.1, 0.15) is 17.4 Å². The molecule has 0 heterocycles. The molecule has 0 atom stereocenters. The predicted octanol–water partition coefficient (Wildman–Crippen LogP) is 2.50. The van der Waals surface area contributed by atoms with E-state index >= 15 is 0 Å². The van der Waals surface area contributed by atoms with Crippen molar-refractivity contribution in [1.82, 2.24) is 0 Å². The van der Waals surface area contributed by atoms with Gasteiger partial charge < -0.3 is 20.7 Å². The van der Waals surface area contributed by atoms with E-state index < -0.39 is 12.1 Å². The Morgan fingerprint density at radius 3 is 2.20 bits per heavy atom. The molecule has 110 valence electrons. The molecule has 0 spiro atoms. The standard InChI is InChI=1S/C7H13NO2.C7H6O3/c8-7(9)10-6-4-2-1-3-5-6;8-6-4-2-1-3-5(6)7(9)10/h6H,1-5H2,(H2,8,9);1-4,8H,(H,9,10). The van der Waals surface area contributed by atoms with Crippen molar-refractivity contribution in [3.63, 3.8) is 0 Å². The molecule has 20 heavy (non-hydrogen) atoms. The van der Waals surface area contributed by atoms with E-state index in [1.54, 1.807) is 12.1 Å². The maximum absolute atomic E-state index is 10.3. The van der Waals surface area contributed by atoms with Crippen LogP contribution >= 0.6 is 0 Å². The van der Waals surface area contributed by atoms with Gasteiger partial charge in [-0.25, -0.2) is 9.59 Å². The van der Waals surface area contributed by atoms with Crippen LogP contribution in [0.15, 0.2) is 24.3 Å². The molecule has 1 aromatic carbocycles. The number of nitrogens with two attached hydrogens (primary N) is 1. The molecule has 0 saturated heterocycles. The average molecular weight is 281 g/mol. The molecule has 0 aliphatic heterocycles. The maximum atomic E-state index is 10.3. The monoisotopic (exact) mass is 281 g/mol. The van der Waals surface area contributed by atoms with Gasteiger partial charge in [-0.2, -0.15) is 0 Å². The summed E-state index contributed by atoms with van der Waals surface area (Å²) in [6, 6.07) is 5.81. The van der Waals surface area contributed by atoms with Crippen LogP contribution in [0.4, 0.5) is 4.79 Å². The Labute approximate surface area is 117 Å². The molecule has 1 amide bonds. The van der Waals surface area contributed by atoms with E-state index in [0.29, 0.717) is 0 Å². The van der Waals surface area contributed by atoms with E-state index in [2.05, 4.69) is 0 Å². The number of carboxylic acid groups (broad SMARTS) is 1. The molecule has 1 aromatic rings. The van der Waals surface area contributed by atoms with Crippen LogP contribution in [0.1, 0.15) is 42.5 Å². The Balaban J connectivity index is 0.000000200. The Hall–Kier alpha value is -2.24. The minimum atomic E-state index is -1.11. The first-order valence-corrected chi connectivity index (χ1v) is 6.48. The highest BCUT2D eigenvalue weighted by Crippen LogP contribution is 2.19. The van der Waals surface area contributed by atoms with Crippen molar-refractivity contribution >= 4 is 12.1 Å². The molecule has 0 aromatic heterocycles. The van der Waals surface area contributed by atoms with Gasteiger partial charge in [0, 0.05) is 0 Å². The van der Waals surface area contributed by atoms with Crippen LogP contribution in [-0.2, 0) is 4.74 Å². The molecular weight excluding hydrogens is 262 g/mol. The summed E-state index contributed by atoms with van der Waals surface area (Å²) in [7, 11) is 0. The fraction of sp³-hybridized carbons (Fsp3) is 0.429. The molecule has 1 saturated carbocycles. The number of rotatable bonds is 2. The van der Waals surface area contributed by atoms with Gasteiger partial charge in [0.05, 0.1) is 0 Å². The zero-order valence-electron chi connectivity index (χ0n) is 11.1. The van der Waals surface area contributed by atoms with Crippen LogP contribution in [0.2, 0.25) is 0 Å². The number of carbonyl (C=O) groups is 2. The van der Waals surface area contributed by atoms with Crippen molar-refractivity contribution < 1.29 is 24.5 Å². The Kier molecular flexibility index (Phi) is 6.36. The number of hydrogen-bond acceptors (Lipinski definition) is 4. The van der Waals surface area contributed by atoms with Gasteiger partial charge in [-0.3, -0.25) is 0 Å². The summed E-state index contributed by atoms with van der Waals surface area (Å²) >= 11 is 0. The van der Waals surface area contributed by atoms with Gasteiger partial charge >= 0.3 is 12.1 Å². The van der Waals surface area contributed by atoms with E-state index in [1.807, 2.05) is 0 Å². The van der Waals surface area contributed by atoms with Crippen molar-refractivity contribution in [2.45, 2.75) is 38.2 Å². The molecular formula is C14H19NO5. The Morgan fingerprint density at radius 1 is 1.15 bits per heavy atom. The zero-order chi connectivity index (χ0) is 15.0. The lowest BCUT2D eigenvalue weighted by molar-refractivity contribution is 0.0693. The number of ether oxygens (including phenoxy) is 1. The summed E-state index contributed by atoms with van der Waals surface area (Å²) in [4.78, 5) is 20.5. The third kappa shape index (κ3) is 5.60. The fourth-order valence-electron chi connectivity index (χ4n) is 2.00. The van der Waals surface area contributed by atoms with Crippen LogP contribution in [-0.4, -0.2) is 28.4 Å². The molecule has 6 heteroatoms. The second-order valence-electron chi connectivity index (χ2n) is 4.52. The van der Waals surface area contributed by atoms with Gasteiger partial charge in [0.15, 0.2) is 0 Å². The Bertz CT molecular complexity index is 455. The molecule has 4 N–H and O–H groups in total. The number of carboxylic acids is 1. The van der Waals surface area contributed by atoms with Gasteiger partial charge in [-0.1, -0.05) is 18.6 Å². The first-order valence-electron chi connectivity index (χ1n) is 6.48. The first kappa shape index (κ1) is 15.8. The average Bonchev–Trinajstić information content (AvgIpc) is 2.40. The predicted molar refractivity (Wildman–Crippen MR) is 72.6 cm³/mol. The Morgan fingerprint density at radius 2 is 1.75 bits per heavy atom. The fourth-order valence-corrected chi connectivity index (χ4v) is 2.00. The van der Waals surface area contributed by atoms with Gasteiger partial charge in [-0.15, -0.1) is 0 Å². The topological polar surface area (TPSA) is 110 Å². The molecule has 0 radical (unpaired) electrons. The second kappa shape index (κ2) is 8.04.